The Kier molecular flexibility index (Phi) is 8.41. The zero-order valence-corrected chi connectivity index (χ0v) is 19.9. The summed E-state index contributed by atoms with van der Waals surface area (Å²) in [6.45, 7) is 2.92. The van der Waals surface area contributed by atoms with Gasteiger partial charge in [-0.3, -0.25) is 9.78 Å². The molecule has 34 heavy (non-hydrogen) atoms. The largest absolute Gasteiger partial charge is 0.497 e. The molecule has 7 heteroatoms. The molecule has 0 radical (unpaired) electrons. The molecule has 1 saturated heterocycles. The second-order valence-electron chi connectivity index (χ2n) is 9.31. The molecule has 0 unspecified atom stereocenters. The Labute approximate surface area is 201 Å². The minimum Gasteiger partial charge on any atom is -0.497 e. The maximum absolute atomic E-state index is 11.6. The Morgan fingerprint density at radius 3 is 2.82 bits per heavy atom. The van der Waals surface area contributed by atoms with Crippen molar-refractivity contribution in [1.82, 2.24) is 20.1 Å². The lowest BCUT2D eigenvalue weighted by molar-refractivity contribution is -0.139. The van der Waals surface area contributed by atoms with Crippen molar-refractivity contribution in [2.45, 2.75) is 44.9 Å². The number of aryl methyl sites for hydroxylation is 2. The van der Waals surface area contributed by atoms with Gasteiger partial charge in [0.25, 0.3) is 0 Å². The number of piperidine rings is 1. The molecule has 1 fully saturated rings. The predicted octanol–water partition coefficient (Wildman–Crippen LogP) is 4.40. The van der Waals surface area contributed by atoms with E-state index in [9.17, 15) is 9.90 Å². The molecule has 3 heterocycles. The minimum absolute atomic E-state index is 0.211. The first-order valence-corrected chi connectivity index (χ1v) is 12.2. The number of nitrogens with zero attached hydrogens (tertiary/aromatic N) is 4. The minimum atomic E-state index is -0.688. The summed E-state index contributed by atoms with van der Waals surface area (Å²) in [6, 6.07) is 10.1. The second-order valence-corrected chi connectivity index (χ2v) is 9.31. The number of carboxylic acids is 1. The molecule has 1 N–H and O–H groups in total. The van der Waals surface area contributed by atoms with E-state index < -0.39 is 5.97 Å². The van der Waals surface area contributed by atoms with E-state index in [-0.39, 0.29) is 12.3 Å². The van der Waals surface area contributed by atoms with Crippen molar-refractivity contribution in [3.8, 4) is 5.75 Å². The van der Waals surface area contributed by atoms with Crippen molar-refractivity contribution in [3.63, 3.8) is 0 Å². The molecule has 1 aromatic carbocycles. The van der Waals surface area contributed by atoms with Crippen LogP contribution in [0.15, 0.2) is 48.9 Å². The number of pyridine rings is 1. The van der Waals surface area contributed by atoms with Gasteiger partial charge >= 0.3 is 5.97 Å². The monoisotopic (exact) mass is 462 g/mol. The highest BCUT2D eigenvalue weighted by Crippen LogP contribution is 2.32. The second kappa shape index (κ2) is 11.9. The summed E-state index contributed by atoms with van der Waals surface area (Å²) in [5, 5.41) is 18.4. The fourth-order valence-electron chi connectivity index (χ4n) is 5.25. The Morgan fingerprint density at radius 2 is 2.03 bits per heavy atom. The fourth-order valence-corrected chi connectivity index (χ4v) is 5.25. The highest BCUT2D eigenvalue weighted by atomic mass is 16.5. The maximum atomic E-state index is 11.6. The zero-order valence-electron chi connectivity index (χ0n) is 19.9. The number of rotatable bonds is 11. The lowest BCUT2D eigenvalue weighted by Gasteiger charge is -2.38. The van der Waals surface area contributed by atoms with Gasteiger partial charge in [-0.05, 0) is 105 Å². The number of carbonyl (C=O) groups is 1. The number of ether oxygens (including phenoxy) is 1. The quantitative estimate of drug-likeness (QED) is 0.452. The van der Waals surface area contributed by atoms with Gasteiger partial charge in [0.05, 0.1) is 18.8 Å². The fraction of sp³-hybridized carbons (Fsp3) is 0.481. The molecule has 4 rings (SSSR count). The summed E-state index contributed by atoms with van der Waals surface area (Å²) >= 11 is 0. The van der Waals surface area contributed by atoms with Crippen LogP contribution in [0.4, 0.5) is 0 Å². The highest BCUT2D eigenvalue weighted by Gasteiger charge is 2.30. The van der Waals surface area contributed by atoms with Crippen LogP contribution in [0, 0.1) is 11.8 Å². The summed E-state index contributed by atoms with van der Waals surface area (Å²) < 4.78 is 5.40. The predicted molar refractivity (Wildman–Crippen MR) is 132 cm³/mol. The van der Waals surface area contributed by atoms with E-state index in [4.69, 9.17) is 4.74 Å². The lowest BCUT2D eigenvalue weighted by Crippen LogP contribution is -2.41. The summed E-state index contributed by atoms with van der Waals surface area (Å²) in [5.74, 6) is 0.824. The standard InChI is InChI=1S/C27H34N4O3/c1-34-24-7-8-26-25(17-24)22(10-12-28-26)6-2-5-21-11-15-31(19-23(21)16-27(32)33)14-3-4-20-9-13-29-30-18-20/h7-10,12-13,17-18,21,23H,2-6,11,14-16,19H2,1H3,(H,32,33)/t21-,23+/m1/s1. The third-order valence-electron chi connectivity index (χ3n) is 7.06. The summed E-state index contributed by atoms with van der Waals surface area (Å²) in [6.07, 6.45) is 11.8. The third kappa shape index (κ3) is 6.50. The van der Waals surface area contributed by atoms with Crippen LogP contribution in [0.5, 0.6) is 5.75 Å². The van der Waals surface area contributed by atoms with E-state index in [0.717, 1.165) is 74.8 Å². The molecule has 0 aliphatic carbocycles. The van der Waals surface area contributed by atoms with E-state index in [1.165, 1.54) is 11.1 Å². The maximum Gasteiger partial charge on any atom is 0.303 e. The van der Waals surface area contributed by atoms with E-state index in [2.05, 4.69) is 32.2 Å². The van der Waals surface area contributed by atoms with Crippen LogP contribution < -0.4 is 4.74 Å². The first kappa shape index (κ1) is 24.1. The molecular formula is C27H34N4O3. The molecule has 1 aliphatic heterocycles. The smallest absolute Gasteiger partial charge is 0.303 e. The van der Waals surface area contributed by atoms with Crippen LogP contribution in [0.1, 0.15) is 43.2 Å². The molecule has 7 nitrogen and oxygen atoms in total. The van der Waals surface area contributed by atoms with E-state index in [1.807, 2.05) is 30.6 Å². The van der Waals surface area contributed by atoms with Crippen molar-refractivity contribution in [1.29, 1.82) is 0 Å². The zero-order chi connectivity index (χ0) is 23.8. The number of benzene rings is 1. The number of carboxylic acid groups (broad SMARTS) is 1. The number of hydrogen-bond donors (Lipinski definition) is 1. The lowest BCUT2D eigenvalue weighted by atomic mass is 9.79. The summed E-state index contributed by atoms with van der Waals surface area (Å²) in [7, 11) is 1.68. The van der Waals surface area contributed by atoms with Gasteiger partial charge in [-0.25, -0.2) is 0 Å². The van der Waals surface area contributed by atoms with Crippen LogP contribution in [0.2, 0.25) is 0 Å². The van der Waals surface area contributed by atoms with Gasteiger partial charge in [0.15, 0.2) is 0 Å². The Morgan fingerprint density at radius 1 is 1.12 bits per heavy atom. The Balaban J connectivity index is 1.31. The number of methoxy groups -OCH3 is 1. The SMILES string of the molecule is COc1ccc2nccc(CCC[C@@H]3CCN(CCCc4ccnnc4)C[C@@H]3CC(=O)O)c2c1. The molecule has 1 aliphatic rings. The molecule has 0 amide bonds. The first-order valence-electron chi connectivity index (χ1n) is 12.2. The number of hydrogen-bond acceptors (Lipinski definition) is 6. The molecule has 2 aromatic heterocycles. The number of aromatic nitrogens is 3. The van der Waals surface area contributed by atoms with Gasteiger partial charge in [-0.2, -0.15) is 10.2 Å². The topological polar surface area (TPSA) is 88.4 Å². The summed E-state index contributed by atoms with van der Waals surface area (Å²) in [5.41, 5.74) is 3.47. The van der Waals surface area contributed by atoms with Gasteiger partial charge in [0.1, 0.15) is 5.75 Å². The van der Waals surface area contributed by atoms with Crippen molar-refractivity contribution >= 4 is 16.9 Å². The highest BCUT2D eigenvalue weighted by molar-refractivity contribution is 5.83. The Bertz CT molecular complexity index is 1080. The van der Waals surface area contributed by atoms with Crippen LogP contribution >= 0.6 is 0 Å². The molecular weight excluding hydrogens is 428 g/mol. The van der Waals surface area contributed by atoms with Gasteiger partial charge in [-0.15, -0.1) is 0 Å². The summed E-state index contributed by atoms with van der Waals surface area (Å²) in [4.78, 5) is 18.5. The molecule has 0 saturated carbocycles. The van der Waals surface area contributed by atoms with E-state index in [1.54, 1.807) is 13.3 Å². The number of aliphatic carboxylic acids is 1. The van der Waals surface area contributed by atoms with Gasteiger partial charge < -0.3 is 14.7 Å². The van der Waals surface area contributed by atoms with Crippen molar-refractivity contribution in [2.24, 2.45) is 11.8 Å². The van der Waals surface area contributed by atoms with Crippen LogP contribution in [-0.2, 0) is 17.6 Å². The van der Waals surface area contributed by atoms with Crippen molar-refractivity contribution in [3.05, 3.63) is 60.0 Å². The van der Waals surface area contributed by atoms with Gasteiger partial charge in [0, 0.05) is 30.7 Å². The average molecular weight is 463 g/mol. The Hall–Kier alpha value is -3.06. The van der Waals surface area contributed by atoms with Crippen LogP contribution in [0.3, 0.4) is 0 Å². The van der Waals surface area contributed by atoms with E-state index >= 15 is 0 Å². The van der Waals surface area contributed by atoms with Gasteiger partial charge in [-0.1, -0.05) is 0 Å². The molecule has 0 bridgehead atoms. The van der Waals surface area contributed by atoms with Crippen molar-refractivity contribution < 1.29 is 14.6 Å². The van der Waals surface area contributed by atoms with Crippen LogP contribution in [0.25, 0.3) is 10.9 Å². The third-order valence-corrected chi connectivity index (χ3v) is 7.06. The average Bonchev–Trinajstić information content (AvgIpc) is 2.85. The molecule has 180 valence electrons. The first-order chi connectivity index (χ1) is 16.6. The molecule has 0 spiro atoms. The number of fused-ring (bicyclic) bond motifs is 1. The van der Waals surface area contributed by atoms with Crippen LogP contribution in [-0.4, -0.2) is 57.9 Å². The number of likely N-dealkylation sites (tertiary alicyclic amines) is 1. The van der Waals surface area contributed by atoms with Gasteiger partial charge in [0.2, 0.25) is 0 Å². The molecule has 2 atom stereocenters. The van der Waals surface area contributed by atoms with E-state index in [0.29, 0.717) is 5.92 Å². The molecule has 3 aromatic rings. The van der Waals surface area contributed by atoms with Crippen molar-refractivity contribution in [2.75, 3.05) is 26.7 Å². The normalized spacial score (nSPS) is 18.7.